The lowest BCUT2D eigenvalue weighted by molar-refractivity contribution is 0.572. The smallest absolute Gasteiger partial charge is 0.181 e. The highest BCUT2D eigenvalue weighted by molar-refractivity contribution is 9.11. The SMILES string of the molecule is Brc1ccc(CNc2cccc(-c3cnco3)c2)s1. The van der Waals surface area contributed by atoms with Gasteiger partial charge >= 0.3 is 0 Å². The Hall–Kier alpha value is -1.59. The van der Waals surface area contributed by atoms with Crippen molar-refractivity contribution in [2.75, 3.05) is 5.32 Å². The van der Waals surface area contributed by atoms with Crippen LogP contribution in [-0.4, -0.2) is 4.98 Å². The molecular weight excluding hydrogens is 324 g/mol. The first-order chi connectivity index (χ1) is 9.31. The van der Waals surface area contributed by atoms with Gasteiger partial charge in [-0.2, -0.15) is 0 Å². The Morgan fingerprint density at radius 2 is 2.21 bits per heavy atom. The van der Waals surface area contributed by atoms with Crippen molar-refractivity contribution in [3.8, 4) is 11.3 Å². The number of nitrogens with zero attached hydrogens (tertiary/aromatic N) is 1. The first-order valence-electron chi connectivity index (χ1n) is 5.78. The molecule has 1 aromatic carbocycles. The van der Waals surface area contributed by atoms with Gasteiger partial charge in [0.15, 0.2) is 12.2 Å². The van der Waals surface area contributed by atoms with Crippen molar-refractivity contribution in [3.63, 3.8) is 0 Å². The van der Waals surface area contributed by atoms with Gasteiger partial charge in [0.05, 0.1) is 9.98 Å². The lowest BCUT2D eigenvalue weighted by atomic mass is 10.1. The average molecular weight is 335 g/mol. The van der Waals surface area contributed by atoms with E-state index in [1.54, 1.807) is 17.5 Å². The molecule has 19 heavy (non-hydrogen) atoms. The molecular formula is C14H11BrN2OS. The first kappa shape index (κ1) is 12.4. The Bertz CT molecular complexity index is 664. The summed E-state index contributed by atoms with van der Waals surface area (Å²) in [7, 11) is 0. The van der Waals surface area contributed by atoms with Crippen LogP contribution in [0.1, 0.15) is 4.88 Å². The number of anilines is 1. The molecule has 0 aliphatic rings. The van der Waals surface area contributed by atoms with E-state index < -0.39 is 0 Å². The molecule has 0 aliphatic carbocycles. The molecule has 0 atom stereocenters. The predicted molar refractivity (Wildman–Crippen MR) is 81.3 cm³/mol. The third kappa shape index (κ3) is 3.05. The minimum absolute atomic E-state index is 0.780. The van der Waals surface area contributed by atoms with Gasteiger partial charge in [-0.1, -0.05) is 12.1 Å². The number of oxazole rings is 1. The molecule has 96 valence electrons. The van der Waals surface area contributed by atoms with Gasteiger partial charge in [0.2, 0.25) is 0 Å². The van der Waals surface area contributed by atoms with E-state index in [2.05, 4.69) is 44.4 Å². The highest BCUT2D eigenvalue weighted by Gasteiger charge is 2.03. The maximum Gasteiger partial charge on any atom is 0.181 e. The fraction of sp³-hybridized carbons (Fsp3) is 0.0714. The van der Waals surface area contributed by atoms with E-state index in [0.29, 0.717) is 0 Å². The Labute approximate surface area is 123 Å². The van der Waals surface area contributed by atoms with Crippen LogP contribution in [0.15, 0.2) is 57.2 Å². The second kappa shape index (κ2) is 5.59. The number of hydrogen-bond donors (Lipinski definition) is 1. The van der Waals surface area contributed by atoms with Crippen LogP contribution in [0.25, 0.3) is 11.3 Å². The summed E-state index contributed by atoms with van der Waals surface area (Å²) < 4.78 is 6.45. The van der Waals surface area contributed by atoms with Gasteiger partial charge in [-0.3, -0.25) is 0 Å². The van der Waals surface area contributed by atoms with Gasteiger partial charge < -0.3 is 9.73 Å². The van der Waals surface area contributed by atoms with Crippen LogP contribution < -0.4 is 5.32 Å². The standard InChI is InChI=1S/C14H11BrN2OS/c15-14-5-4-12(19-14)7-17-11-3-1-2-10(6-11)13-8-16-9-18-13/h1-6,8-9,17H,7H2. The second-order valence-electron chi connectivity index (χ2n) is 4.01. The quantitative estimate of drug-likeness (QED) is 0.746. The minimum Gasteiger partial charge on any atom is -0.444 e. The van der Waals surface area contributed by atoms with E-state index in [4.69, 9.17) is 4.42 Å². The van der Waals surface area contributed by atoms with Gasteiger partial charge in [0, 0.05) is 22.7 Å². The lowest BCUT2D eigenvalue weighted by Crippen LogP contribution is -1.97. The zero-order chi connectivity index (χ0) is 13.1. The highest BCUT2D eigenvalue weighted by atomic mass is 79.9. The Morgan fingerprint density at radius 3 is 2.95 bits per heavy atom. The first-order valence-corrected chi connectivity index (χ1v) is 7.39. The van der Waals surface area contributed by atoms with E-state index >= 15 is 0 Å². The topological polar surface area (TPSA) is 38.1 Å². The maximum atomic E-state index is 5.30. The van der Waals surface area contributed by atoms with Crippen molar-refractivity contribution in [2.45, 2.75) is 6.54 Å². The number of aromatic nitrogens is 1. The van der Waals surface area contributed by atoms with Crippen LogP contribution in [-0.2, 0) is 6.54 Å². The van der Waals surface area contributed by atoms with Crippen molar-refractivity contribution < 1.29 is 4.42 Å². The minimum atomic E-state index is 0.780. The van der Waals surface area contributed by atoms with E-state index in [0.717, 1.165) is 27.3 Å². The third-order valence-electron chi connectivity index (χ3n) is 2.68. The van der Waals surface area contributed by atoms with Gasteiger partial charge in [-0.25, -0.2) is 4.98 Å². The summed E-state index contributed by atoms with van der Waals surface area (Å²) in [6, 6.07) is 12.3. The van der Waals surface area contributed by atoms with Crippen LogP contribution in [0.4, 0.5) is 5.69 Å². The summed E-state index contributed by atoms with van der Waals surface area (Å²) in [5, 5.41) is 3.40. The van der Waals surface area contributed by atoms with E-state index in [1.165, 1.54) is 11.3 Å². The van der Waals surface area contributed by atoms with Crippen molar-refractivity contribution >= 4 is 33.0 Å². The summed E-state index contributed by atoms with van der Waals surface area (Å²) in [5.74, 6) is 0.780. The van der Waals surface area contributed by atoms with Crippen molar-refractivity contribution in [1.29, 1.82) is 0 Å². The molecule has 0 amide bonds. The Morgan fingerprint density at radius 1 is 1.26 bits per heavy atom. The molecule has 0 unspecified atom stereocenters. The molecule has 2 heterocycles. The van der Waals surface area contributed by atoms with E-state index in [1.807, 2.05) is 18.2 Å². The molecule has 3 rings (SSSR count). The normalized spacial score (nSPS) is 10.6. The molecule has 2 aromatic heterocycles. The largest absolute Gasteiger partial charge is 0.444 e. The van der Waals surface area contributed by atoms with Gasteiger partial charge in [-0.05, 0) is 40.2 Å². The zero-order valence-corrected chi connectivity index (χ0v) is 12.4. The fourth-order valence-corrected chi connectivity index (χ4v) is 3.20. The van der Waals surface area contributed by atoms with E-state index in [-0.39, 0.29) is 0 Å². The molecule has 3 nitrogen and oxygen atoms in total. The molecule has 0 saturated carbocycles. The van der Waals surface area contributed by atoms with Crippen LogP contribution in [0.2, 0.25) is 0 Å². The summed E-state index contributed by atoms with van der Waals surface area (Å²) >= 11 is 5.20. The number of thiophene rings is 1. The van der Waals surface area contributed by atoms with Crippen LogP contribution in [0.3, 0.4) is 0 Å². The fourth-order valence-electron chi connectivity index (χ4n) is 1.78. The highest BCUT2D eigenvalue weighted by Crippen LogP contribution is 2.25. The third-order valence-corrected chi connectivity index (χ3v) is 4.30. The zero-order valence-electron chi connectivity index (χ0n) is 9.97. The predicted octanol–water partition coefficient (Wildman–Crippen LogP) is 4.78. The molecule has 0 aliphatic heterocycles. The molecule has 0 saturated heterocycles. The van der Waals surface area contributed by atoms with Crippen molar-refractivity contribution in [3.05, 3.63) is 57.7 Å². The molecule has 0 fully saturated rings. The van der Waals surface area contributed by atoms with E-state index in [9.17, 15) is 0 Å². The summed E-state index contributed by atoms with van der Waals surface area (Å²) in [6.45, 7) is 0.816. The van der Waals surface area contributed by atoms with Crippen molar-refractivity contribution in [2.24, 2.45) is 0 Å². The van der Waals surface area contributed by atoms with Gasteiger partial charge in [0.25, 0.3) is 0 Å². The molecule has 0 bridgehead atoms. The second-order valence-corrected chi connectivity index (χ2v) is 6.55. The lowest BCUT2D eigenvalue weighted by Gasteiger charge is -2.06. The number of rotatable bonds is 4. The molecule has 0 radical (unpaired) electrons. The van der Waals surface area contributed by atoms with Gasteiger partial charge in [-0.15, -0.1) is 11.3 Å². The summed E-state index contributed by atoms with van der Waals surface area (Å²) in [5.41, 5.74) is 2.09. The molecule has 0 spiro atoms. The number of hydrogen-bond acceptors (Lipinski definition) is 4. The monoisotopic (exact) mass is 334 g/mol. The maximum absolute atomic E-state index is 5.30. The molecule has 1 N–H and O–H groups in total. The molecule has 5 heteroatoms. The van der Waals surface area contributed by atoms with Gasteiger partial charge in [0.1, 0.15) is 0 Å². The summed E-state index contributed by atoms with van der Waals surface area (Å²) in [4.78, 5) is 5.22. The number of nitrogens with one attached hydrogen (secondary N) is 1. The summed E-state index contributed by atoms with van der Waals surface area (Å²) in [6.07, 6.45) is 3.16. The molecule has 3 aromatic rings. The average Bonchev–Trinajstić information content (AvgIpc) is 3.08. The van der Waals surface area contributed by atoms with Crippen LogP contribution >= 0.6 is 27.3 Å². The number of benzene rings is 1. The Kier molecular flexibility index (Phi) is 3.66. The number of halogens is 1. The Balaban J connectivity index is 1.73. The van der Waals surface area contributed by atoms with Crippen LogP contribution in [0, 0.1) is 0 Å². The van der Waals surface area contributed by atoms with Crippen molar-refractivity contribution in [1.82, 2.24) is 4.98 Å². The van der Waals surface area contributed by atoms with Crippen LogP contribution in [0.5, 0.6) is 0 Å².